The number of carbonyl (C=O) groups is 1. The van der Waals surface area contributed by atoms with E-state index in [-0.39, 0.29) is 5.91 Å². The smallest absolute Gasteiger partial charge is 0.272 e. The fourth-order valence-electron chi connectivity index (χ4n) is 2.24. The molecule has 1 amide bonds. The molecule has 0 aromatic carbocycles. The number of nitrogen functional groups attached to an aromatic ring is 1. The zero-order valence-corrected chi connectivity index (χ0v) is 11.5. The number of hydrogen-bond acceptors (Lipinski definition) is 5. The first-order valence-electron chi connectivity index (χ1n) is 6.58. The van der Waals surface area contributed by atoms with E-state index >= 15 is 0 Å². The van der Waals surface area contributed by atoms with Gasteiger partial charge in [-0.05, 0) is 26.0 Å². The quantitative estimate of drug-likeness (QED) is 0.615. The van der Waals surface area contributed by atoms with E-state index in [1.807, 2.05) is 4.90 Å². The van der Waals surface area contributed by atoms with E-state index in [2.05, 4.69) is 29.2 Å². The van der Waals surface area contributed by atoms with Gasteiger partial charge in [0.1, 0.15) is 5.69 Å². The first kappa shape index (κ1) is 13.8. The second-order valence-corrected chi connectivity index (χ2v) is 5.00. The molecular formula is C13H21N5O. The van der Waals surface area contributed by atoms with Crippen molar-refractivity contribution in [3.8, 4) is 0 Å². The third kappa shape index (κ3) is 3.21. The van der Waals surface area contributed by atoms with Gasteiger partial charge in [-0.1, -0.05) is 0 Å². The van der Waals surface area contributed by atoms with E-state index in [0.29, 0.717) is 17.4 Å². The number of piperazine rings is 1. The maximum absolute atomic E-state index is 12.3. The van der Waals surface area contributed by atoms with Crippen LogP contribution >= 0.6 is 0 Å². The van der Waals surface area contributed by atoms with Crippen molar-refractivity contribution >= 4 is 11.6 Å². The van der Waals surface area contributed by atoms with Crippen molar-refractivity contribution in [1.82, 2.24) is 14.8 Å². The highest BCUT2D eigenvalue weighted by Gasteiger charge is 2.23. The van der Waals surface area contributed by atoms with E-state index < -0.39 is 0 Å². The Morgan fingerprint density at radius 3 is 2.63 bits per heavy atom. The largest absolute Gasteiger partial charge is 0.335 e. The minimum absolute atomic E-state index is 0.0273. The van der Waals surface area contributed by atoms with Crippen molar-refractivity contribution in [2.45, 2.75) is 19.9 Å². The summed E-state index contributed by atoms with van der Waals surface area (Å²) >= 11 is 0. The number of nitrogens with zero attached hydrogens (tertiary/aromatic N) is 3. The molecule has 19 heavy (non-hydrogen) atoms. The number of nitrogens with two attached hydrogens (primary N) is 1. The molecule has 0 bridgehead atoms. The zero-order valence-electron chi connectivity index (χ0n) is 11.5. The molecule has 6 nitrogen and oxygen atoms in total. The lowest BCUT2D eigenvalue weighted by atomic mass is 10.2. The van der Waals surface area contributed by atoms with Crippen LogP contribution < -0.4 is 11.3 Å². The van der Waals surface area contributed by atoms with Gasteiger partial charge in [0, 0.05) is 38.4 Å². The number of nitrogens with one attached hydrogen (secondary N) is 1. The van der Waals surface area contributed by atoms with Gasteiger partial charge in [0.15, 0.2) is 0 Å². The summed E-state index contributed by atoms with van der Waals surface area (Å²) in [5, 5.41) is 0. The van der Waals surface area contributed by atoms with Gasteiger partial charge in [0.05, 0.1) is 5.69 Å². The maximum atomic E-state index is 12.3. The van der Waals surface area contributed by atoms with Crippen molar-refractivity contribution in [3.05, 3.63) is 24.0 Å². The molecule has 1 aromatic heterocycles. The van der Waals surface area contributed by atoms with Gasteiger partial charge in [-0.2, -0.15) is 0 Å². The lowest BCUT2D eigenvalue weighted by Crippen LogP contribution is -2.50. The molecule has 0 saturated carbocycles. The van der Waals surface area contributed by atoms with Crippen LogP contribution in [0.15, 0.2) is 18.3 Å². The number of hydrazine groups is 1. The van der Waals surface area contributed by atoms with Gasteiger partial charge >= 0.3 is 0 Å². The van der Waals surface area contributed by atoms with Crippen molar-refractivity contribution < 1.29 is 4.79 Å². The second-order valence-electron chi connectivity index (χ2n) is 5.00. The van der Waals surface area contributed by atoms with Crippen LogP contribution in [0, 0.1) is 0 Å². The molecule has 3 N–H and O–H groups in total. The van der Waals surface area contributed by atoms with Crippen LogP contribution in [-0.4, -0.2) is 52.9 Å². The molecule has 6 heteroatoms. The Balaban J connectivity index is 2.01. The molecule has 1 saturated heterocycles. The SMILES string of the molecule is CC(C)N1CCN(C(=O)c2cc(NN)ccn2)CC1. The molecule has 0 radical (unpaired) electrons. The average Bonchev–Trinajstić information content (AvgIpc) is 2.46. The summed E-state index contributed by atoms with van der Waals surface area (Å²) in [5.74, 6) is 5.31. The molecule has 1 fully saturated rings. The third-order valence-electron chi connectivity index (χ3n) is 3.48. The van der Waals surface area contributed by atoms with Crippen LogP contribution in [0.4, 0.5) is 5.69 Å². The second kappa shape index (κ2) is 5.99. The molecule has 0 spiro atoms. The number of anilines is 1. The highest BCUT2D eigenvalue weighted by Crippen LogP contribution is 2.12. The summed E-state index contributed by atoms with van der Waals surface area (Å²) in [6, 6.07) is 3.94. The summed E-state index contributed by atoms with van der Waals surface area (Å²) in [5.41, 5.74) is 3.66. The molecule has 2 rings (SSSR count). The molecule has 104 valence electrons. The fraction of sp³-hybridized carbons (Fsp3) is 0.538. The van der Waals surface area contributed by atoms with E-state index in [9.17, 15) is 4.79 Å². The molecule has 0 aliphatic carbocycles. The molecule has 0 unspecified atom stereocenters. The molecule has 1 aromatic rings. The van der Waals surface area contributed by atoms with Gasteiger partial charge in [-0.15, -0.1) is 0 Å². The van der Waals surface area contributed by atoms with Crippen molar-refractivity contribution in [2.75, 3.05) is 31.6 Å². The van der Waals surface area contributed by atoms with E-state index in [1.54, 1.807) is 18.3 Å². The Hall–Kier alpha value is -1.66. The van der Waals surface area contributed by atoms with E-state index in [0.717, 1.165) is 26.2 Å². The normalized spacial score (nSPS) is 16.7. The minimum Gasteiger partial charge on any atom is -0.335 e. The molecule has 2 heterocycles. The first-order chi connectivity index (χ1) is 9.11. The van der Waals surface area contributed by atoms with Gasteiger partial charge in [0.25, 0.3) is 5.91 Å². The highest BCUT2D eigenvalue weighted by molar-refractivity contribution is 5.93. The predicted molar refractivity (Wildman–Crippen MR) is 74.7 cm³/mol. The predicted octanol–water partition coefficient (Wildman–Crippen LogP) is 0.533. The van der Waals surface area contributed by atoms with Crippen molar-refractivity contribution in [2.24, 2.45) is 5.84 Å². The summed E-state index contributed by atoms with van der Waals surface area (Å²) in [7, 11) is 0. The monoisotopic (exact) mass is 263 g/mol. The Labute approximate surface area is 113 Å². The Morgan fingerprint density at radius 1 is 1.37 bits per heavy atom. The number of pyridine rings is 1. The molecular weight excluding hydrogens is 242 g/mol. The number of rotatable bonds is 3. The Bertz CT molecular complexity index is 440. The van der Waals surface area contributed by atoms with Crippen LogP contribution in [0.3, 0.4) is 0 Å². The summed E-state index contributed by atoms with van der Waals surface area (Å²) < 4.78 is 0. The lowest BCUT2D eigenvalue weighted by Gasteiger charge is -2.36. The standard InChI is InChI=1S/C13H21N5O/c1-10(2)17-5-7-18(8-6-17)13(19)12-9-11(16-14)3-4-15-12/h3-4,9-10H,5-8,14H2,1-2H3,(H,15,16). The number of carbonyl (C=O) groups excluding carboxylic acids is 1. The van der Waals surface area contributed by atoms with Crippen LogP contribution in [0.5, 0.6) is 0 Å². The van der Waals surface area contributed by atoms with Crippen LogP contribution in [0.1, 0.15) is 24.3 Å². The van der Waals surface area contributed by atoms with Crippen molar-refractivity contribution in [1.29, 1.82) is 0 Å². The summed E-state index contributed by atoms with van der Waals surface area (Å²) in [6.45, 7) is 7.68. The van der Waals surface area contributed by atoms with Gasteiger partial charge in [0.2, 0.25) is 0 Å². The molecule has 1 aliphatic heterocycles. The van der Waals surface area contributed by atoms with Crippen molar-refractivity contribution in [3.63, 3.8) is 0 Å². The van der Waals surface area contributed by atoms with E-state index in [4.69, 9.17) is 5.84 Å². The van der Waals surface area contributed by atoms with Gasteiger partial charge in [-0.3, -0.25) is 20.5 Å². The third-order valence-corrected chi connectivity index (χ3v) is 3.48. The number of amides is 1. The molecule has 0 atom stereocenters. The first-order valence-corrected chi connectivity index (χ1v) is 6.58. The van der Waals surface area contributed by atoms with E-state index in [1.165, 1.54) is 0 Å². The van der Waals surface area contributed by atoms with Crippen LogP contribution in [-0.2, 0) is 0 Å². The van der Waals surface area contributed by atoms with Crippen LogP contribution in [0.2, 0.25) is 0 Å². The number of hydrogen-bond donors (Lipinski definition) is 2. The average molecular weight is 263 g/mol. The fourth-order valence-corrected chi connectivity index (χ4v) is 2.24. The highest BCUT2D eigenvalue weighted by atomic mass is 16.2. The maximum Gasteiger partial charge on any atom is 0.272 e. The van der Waals surface area contributed by atoms with Gasteiger partial charge in [-0.25, -0.2) is 0 Å². The molecule has 1 aliphatic rings. The summed E-state index contributed by atoms with van der Waals surface area (Å²) in [6.07, 6.45) is 1.59. The minimum atomic E-state index is -0.0273. The Kier molecular flexibility index (Phi) is 4.34. The topological polar surface area (TPSA) is 74.5 Å². The Morgan fingerprint density at radius 2 is 2.05 bits per heavy atom. The lowest BCUT2D eigenvalue weighted by molar-refractivity contribution is 0.0590. The number of aromatic nitrogens is 1. The zero-order chi connectivity index (χ0) is 13.8. The van der Waals surface area contributed by atoms with Crippen LogP contribution in [0.25, 0.3) is 0 Å². The summed E-state index contributed by atoms with van der Waals surface area (Å²) in [4.78, 5) is 20.7. The van der Waals surface area contributed by atoms with Gasteiger partial charge < -0.3 is 10.3 Å².